The van der Waals surface area contributed by atoms with Crippen molar-refractivity contribution < 1.29 is 19.1 Å². The Morgan fingerprint density at radius 3 is 2.59 bits per heavy atom. The summed E-state index contributed by atoms with van der Waals surface area (Å²) in [5.41, 5.74) is 3.52. The Bertz CT molecular complexity index is 1270. The van der Waals surface area contributed by atoms with E-state index in [0.29, 0.717) is 21.5 Å². The number of nitrogens with one attached hydrogen (secondary N) is 2. The van der Waals surface area contributed by atoms with Gasteiger partial charge in [0.2, 0.25) is 0 Å². The summed E-state index contributed by atoms with van der Waals surface area (Å²) in [4.78, 5) is 38.4. The zero-order valence-corrected chi connectivity index (χ0v) is 20.0. The topological polar surface area (TPSA) is 87.7 Å². The van der Waals surface area contributed by atoms with Crippen molar-refractivity contribution in [3.05, 3.63) is 99.7 Å². The van der Waals surface area contributed by atoms with Crippen LogP contribution in [0.2, 0.25) is 0 Å². The van der Waals surface area contributed by atoms with Crippen molar-refractivity contribution in [2.45, 2.75) is 13.5 Å². The van der Waals surface area contributed by atoms with E-state index in [1.165, 1.54) is 4.90 Å². The molecule has 7 nitrogen and oxygen atoms in total. The molecule has 0 saturated carbocycles. The van der Waals surface area contributed by atoms with Gasteiger partial charge in [0.15, 0.2) is 6.61 Å². The molecule has 1 aliphatic heterocycles. The van der Waals surface area contributed by atoms with E-state index in [1.54, 1.807) is 36.4 Å². The first-order valence-electron chi connectivity index (χ1n) is 10.6. The first-order valence-corrected chi connectivity index (χ1v) is 11.4. The summed E-state index contributed by atoms with van der Waals surface area (Å²) in [6, 6.07) is 21.5. The van der Waals surface area contributed by atoms with Crippen LogP contribution in [0.25, 0.3) is 6.08 Å². The Labute approximate surface area is 205 Å². The molecule has 3 aromatic rings. The number of amides is 4. The Balaban J connectivity index is 1.39. The van der Waals surface area contributed by atoms with Crippen LogP contribution in [0.1, 0.15) is 16.7 Å². The van der Waals surface area contributed by atoms with Crippen LogP contribution >= 0.6 is 15.9 Å². The molecule has 8 heteroatoms. The molecule has 0 spiro atoms. The molecule has 0 atom stereocenters. The smallest absolute Gasteiger partial charge is 0.329 e. The summed E-state index contributed by atoms with van der Waals surface area (Å²) in [6.07, 6.45) is 1.60. The van der Waals surface area contributed by atoms with E-state index in [-0.39, 0.29) is 30.7 Å². The van der Waals surface area contributed by atoms with Crippen LogP contribution in [0, 0.1) is 6.92 Å². The summed E-state index contributed by atoms with van der Waals surface area (Å²) >= 11 is 3.43. The van der Waals surface area contributed by atoms with Gasteiger partial charge in [-0.25, -0.2) is 4.79 Å². The first kappa shape index (κ1) is 23.3. The van der Waals surface area contributed by atoms with Crippen molar-refractivity contribution in [3.8, 4) is 5.75 Å². The van der Waals surface area contributed by atoms with Gasteiger partial charge in [0.05, 0.1) is 11.0 Å². The lowest BCUT2D eigenvalue weighted by molar-refractivity contribution is -0.123. The lowest BCUT2D eigenvalue weighted by atomic mass is 10.1. The molecule has 1 saturated heterocycles. The second kappa shape index (κ2) is 10.4. The normalized spacial score (nSPS) is 14.3. The van der Waals surface area contributed by atoms with Crippen molar-refractivity contribution in [1.82, 2.24) is 10.2 Å². The number of hydrogen-bond acceptors (Lipinski definition) is 4. The van der Waals surface area contributed by atoms with Crippen molar-refractivity contribution >= 4 is 45.5 Å². The van der Waals surface area contributed by atoms with Gasteiger partial charge in [-0.05, 0) is 64.3 Å². The van der Waals surface area contributed by atoms with Gasteiger partial charge in [-0.1, -0.05) is 54.1 Å². The fraction of sp³-hybridized carbons (Fsp3) is 0.115. The quantitative estimate of drug-likeness (QED) is 0.344. The molecule has 2 N–H and O–H groups in total. The highest BCUT2D eigenvalue weighted by molar-refractivity contribution is 9.10. The van der Waals surface area contributed by atoms with Gasteiger partial charge in [-0.3, -0.25) is 14.5 Å². The van der Waals surface area contributed by atoms with Crippen molar-refractivity contribution in [2.75, 3.05) is 11.9 Å². The number of carbonyl (C=O) groups excluding carboxylic acids is 3. The molecule has 0 aliphatic carbocycles. The average Bonchev–Trinajstić information content (AvgIpc) is 3.06. The summed E-state index contributed by atoms with van der Waals surface area (Å²) in [6.45, 7) is 2.00. The van der Waals surface area contributed by atoms with E-state index >= 15 is 0 Å². The third-order valence-corrected chi connectivity index (χ3v) is 5.69. The number of halogens is 1. The standard InChI is InChI=1S/C26H22BrN3O4/c1-17-6-5-7-19(12-17)15-30-25(32)22(29-26(30)33)14-18-10-11-23(21(27)13-18)34-16-24(31)28-20-8-3-2-4-9-20/h2-14H,15-16H2,1H3,(H,28,31)(H,29,33)/b22-14+. The molecule has 1 heterocycles. The second-order valence-electron chi connectivity index (χ2n) is 7.76. The number of para-hydroxylation sites is 1. The third-order valence-electron chi connectivity index (χ3n) is 5.07. The van der Waals surface area contributed by atoms with Crippen LogP contribution in [0.15, 0.2) is 83.0 Å². The number of carbonyl (C=O) groups is 3. The molecule has 0 unspecified atom stereocenters. The number of anilines is 1. The maximum absolute atomic E-state index is 12.8. The Morgan fingerprint density at radius 1 is 1.06 bits per heavy atom. The van der Waals surface area contributed by atoms with Crippen LogP contribution in [0.5, 0.6) is 5.75 Å². The van der Waals surface area contributed by atoms with Gasteiger partial charge in [-0.15, -0.1) is 0 Å². The minimum absolute atomic E-state index is 0.156. The van der Waals surface area contributed by atoms with E-state index in [4.69, 9.17) is 4.74 Å². The second-order valence-corrected chi connectivity index (χ2v) is 8.62. The molecule has 0 radical (unpaired) electrons. The summed E-state index contributed by atoms with van der Waals surface area (Å²) in [7, 11) is 0. The number of urea groups is 1. The maximum Gasteiger partial charge on any atom is 0.329 e. The molecule has 1 aliphatic rings. The fourth-order valence-corrected chi connectivity index (χ4v) is 3.97. The number of hydrogen-bond donors (Lipinski definition) is 2. The molecule has 0 aromatic heterocycles. The van der Waals surface area contributed by atoms with E-state index in [2.05, 4.69) is 26.6 Å². The van der Waals surface area contributed by atoms with Crippen molar-refractivity contribution in [3.63, 3.8) is 0 Å². The lowest BCUT2D eigenvalue weighted by Gasteiger charge is -2.12. The largest absolute Gasteiger partial charge is 0.483 e. The molecule has 172 valence electrons. The molecule has 4 amide bonds. The Hall–Kier alpha value is -3.91. The van der Waals surface area contributed by atoms with E-state index in [0.717, 1.165) is 11.1 Å². The third kappa shape index (κ3) is 5.71. The summed E-state index contributed by atoms with van der Waals surface area (Å²) in [5.74, 6) is -0.189. The molecule has 4 rings (SSSR count). The van der Waals surface area contributed by atoms with E-state index in [9.17, 15) is 14.4 Å². The van der Waals surface area contributed by atoms with Gasteiger partial charge in [-0.2, -0.15) is 0 Å². The van der Waals surface area contributed by atoms with Crippen molar-refractivity contribution in [1.29, 1.82) is 0 Å². The number of imide groups is 1. The number of aryl methyl sites for hydroxylation is 1. The van der Waals surface area contributed by atoms with E-state index < -0.39 is 6.03 Å². The number of benzene rings is 3. The molecule has 3 aromatic carbocycles. The predicted molar refractivity (Wildman–Crippen MR) is 133 cm³/mol. The van der Waals surface area contributed by atoms with Gasteiger partial charge in [0, 0.05) is 5.69 Å². The fourth-order valence-electron chi connectivity index (χ4n) is 3.46. The number of rotatable bonds is 7. The average molecular weight is 520 g/mol. The Morgan fingerprint density at radius 2 is 1.85 bits per heavy atom. The van der Waals surface area contributed by atoms with Crippen LogP contribution in [0.3, 0.4) is 0 Å². The Kier molecular flexibility index (Phi) is 7.08. The van der Waals surface area contributed by atoms with Gasteiger partial charge >= 0.3 is 6.03 Å². The molecule has 1 fully saturated rings. The lowest BCUT2D eigenvalue weighted by Crippen LogP contribution is -2.30. The van der Waals surface area contributed by atoms with Gasteiger partial charge in [0.1, 0.15) is 11.4 Å². The highest BCUT2D eigenvalue weighted by atomic mass is 79.9. The van der Waals surface area contributed by atoms with E-state index in [1.807, 2.05) is 49.4 Å². The summed E-state index contributed by atoms with van der Waals surface area (Å²) in [5, 5.41) is 5.39. The molecular formula is C26H22BrN3O4. The summed E-state index contributed by atoms with van der Waals surface area (Å²) < 4.78 is 6.22. The highest BCUT2D eigenvalue weighted by Gasteiger charge is 2.33. The molecule has 0 bridgehead atoms. The maximum atomic E-state index is 12.8. The minimum Gasteiger partial charge on any atom is -0.483 e. The van der Waals surface area contributed by atoms with Crippen LogP contribution in [0.4, 0.5) is 10.5 Å². The predicted octanol–water partition coefficient (Wildman–Crippen LogP) is 4.87. The zero-order valence-electron chi connectivity index (χ0n) is 18.4. The highest BCUT2D eigenvalue weighted by Crippen LogP contribution is 2.27. The SMILES string of the molecule is Cc1cccc(CN2C(=O)N/C(=C/c3ccc(OCC(=O)Nc4ccccc4)c(Br)c3)C2=O)c1. The minimum atomic E-state index is -0.457. The zero-order chi connectivity index (χ0) is 24.1. The monoisotopic (exact) mass is 519 g/mol. The number of nitrogens with zero attached hydrogens (tertiary/aromatic N) is 1. The van der Waals surface area contributed by atoms with Crippen LogP contribution < -0.4 is 15.4 Å². The van der Waals surface area contributed by atoms with Crippen LogP contribution in [-0.4, -0.2) is 29.4 Å². The van der Waals surface area contributed by atoms with Gasteiger partial charge in [0.25, 0.3) is 11.8 Å². The van der Waals surface area contributed by atoms with Crippen LogP contribution in [-0.2, 0) is 16.1 Å². The van der Waals surface area contributed by atoms with Crippen molar-refractivity contribution in [2.24, 2.45) is 0 Å². The number of ether oxygens (including phenoxy) is 1. The first-order chi connectivity index (χ1) is 16.4. The molecule has 34 heavy (non-hydrogen) atoms. The molecular weight excluding hydrogens is 498 g/mol. The van der Waals surface area contributed by atoms with Gasteiger partial charge < -0.3 is 15.4 Å².